The number of carbonyl (C=O) groups excluding carboxylic acids is 3. The summed E-state index contributed by atoms with van der Waals surface area (Å²) < 4.78 is 43.6. The normalized spacial score (nSPS) is 11.1. The lowest BCUT2D eigenvalue weighted by molar-refractivity contribution is -0.137. The average Bonchev–Trinajstić information content (AvgIpc) is 2.86. The molecular formula is C18H16ClF3N2O4S. The number of rotatable bonds is 5. The van der Waals surface area contributed by atoms with E-state index in [1.54, 1.807) is 13.8 Å². The van der Waals surface area contributed by atoms with Gasteiger partial charge in [-0.3, -0.25) is 9.59 Å². The first kappa shape index (κ1) is 22.7. The number of alkyl halides is 3. The number of esters is 1. The molecule has 156 valence electrons. The van der Waals surface area contributed by atoms with E-state index in [4.69, 9.17) is 16.3 Å². The number of thiophene rings is 1. The average molecular weight is 449 g/mol. The lowest BCUT2D eigenvalue weighted by atomic mass is 10.1. The van der Waals surface area contributed by atoms with E-state index in [1.807, 2.05) is 0 Å². The molecule has 2 aromatic rings. The van der Waals surface area contributed by atoms with E-state index in [2.05, 4.69) is 10.6 Å². The van der Waals surface area contributed by atoms with Crippen LogP contribution in [-0.2, 0) is 20.5 Å². The highest BCUT2D eigenvalue weighted by molar-refractivity contribution is 7.16. The van der Waals surface area contributed by atoms with Crippen LogP contribution in [-0.4, -0.2) is 24.4 Å². The number of carbonyl (C=O) groups is 3. The number of benzene rings is 1. The van der Waals surface area contributed by atoms with E-state index in [1.165, 1.54) is 24.3 Å². The van der Waals surface area contributed by atoms with Gasteiger partial charge in [0, 0.05) is 17.5 Å². The fourth-order valence-corrected chi connectivity index (χ4v) is 3.66. The minimum atomic E-state index is -4.68. The molecule has 0 aliphatic carbocycles. The van der Waals surface area contributed by atoms with Gasteiger partial charge in [-0.05, 0) is 37.6 Å². The third-order valence-electron chi connectivity index (χ3n) is 3.77. The van der Waals surface area contributed by atoms with E-state index in [9.17, 15) is 27.6 Å². The number of aryl methyl sites for hydroxylation is 1. The first-order valence-corrected chi connectivity index (χ1v) is 9.31. The molecule has 0 saturated carbocycles. The molecule has 1 aromatic heterocycles. The van der Waals surface area contributed by atoms with E-state index >= 15 is 0 Å². The second kappa shape index (κ2) is 8.83. The van der Waals surface area contributed by atoms with Crippen molar-refractivity contribution in [1.82, 2.24) is 0 Å². The molecule has 0 spiro atoms. The molecule has 2 N–H and O–H groups in total. The van der Waals surface area contributed by atoms with Crippen molar-refractivity contribution < 1.29 is 32.3 Å². The fraction of sp³-hybridized carbons (Fsp3) is 0.278. The molecule has 0 radical (unpaired) electrons. The minimum absolute atomic E-state index is 0.126. The summed E-state index contributed by atoms with van der Waals surface area (Å²) in [5, 5.41) is 4.53. The van der Waals surface area contributed by atoms with E-state index in [-0.39, 0.29) is 17.2 Å². The molecule has 0 aliphatic rings. The van der Waals surface area contributed by atoms with Crippen molar-refractivity contribution in [3.63, 3.8) is 0 Å². The summed E-state index contributed by atoms with van der Waals surface area (Å²) in [5.74, 6) is -2.04. The van der Waals surface area contributed by atoms with Crippen molar-refractivity contribution >= 4 is 51.4 Å². The summed E-state index contributed by atoms with van der Waals surface area (Å²) >= 11 is 6.71. The van der Waals surface area contributed by atoms with Crippen molar-refractivity contribution in [3.05, 3.63) is 44.8 Å². The third kappa shape index (κ3) is 5.70. The molecule has 1 aromatic carbocycles. The maximum Gasteiger partial charge on any atom is 0.417 e. The molecule has 6 nitrogen and oxygen atoms in total. The van der Waals surface area contributed by atoms with Crippen LogP contribution < -0.4 is 10.6 Å². The van der Waals surface area contributed by atoms with Gasteiger partial charge in [0.25, 0.3) is 5.91 Å². The fourth-order valence-electron chi connectivity index (χ4n) is 2.34. The first-order valence-electron chi connectivity index (χ1n) is 8.11. The van der Waals surface area contributed by atoms with Gasteiger partial charge in [0.05, 0.1) is 16.1 Å². The van der Waals surface area contributed by atoms with Gasteiger partial charge in [-0.1, -0.05) is 11.6 Å². The predicted molar refractivity (Wildman–Crippen MR) is 103 cm³/mol. The summed E-state index contributed by atoms with van der Waals surface area (Å²) in [6.07, 6.45) is -4.68. The zero-order valence-electron chi connectivity index (χ0n) is 15.5. The molecule has 2 amide bonds. The van der Waals surface area contributed by atoms with Gasteiger partial charge in [-0.15, -0.1) is 11.3 Å². The standard InChI is InChI=1S/C18H16ClF3N2O4S/c1-8-9(2)29-16(23-10(3)25)15(8)17(27)28-7-14(26)24-11-4-5-13(19)12(6-11)18(20,21)22/h4-6H,7H2,1-3H3,(H,23,25)(H,24,26). The Morgan fingerprint density at radius 1 is 1.17 bits per heavy atom. The van der Waals surface area contributed by atoms with E-state index in [0.717, 1.165) is 10.9 Å². The monoisotopic (exact) mass is 448 g/mol. The van der Waals surface area contributed by atoms with Crippen LogP contribution >= 0.6 is 22.9 Å². The quantitative estimate of drug-likeness (QED) is 0.644. The van der Waals surface area contributed by atoms with Crippen LogP contribution in [0.4, 0.5) is 23.9 Å². The lowest BCUT2D eigenvalue weighted by Crippen LogP contribution is -2.22. The number of anilines is 2. The Bertz CT molecular complexity index is 973. The summed E-state index contributed by atoms with van der Waals surface area (Å²) in [4.78, 5) is 36.4. The Labute approximate surface area is 173 Å². The molecule has 29 heavy (non-hydrogen) atoms. The zero-order valence-corrected chi connectivity index (χ0v) is 17.1. The second-order valence-corrected chi connectivity index (χ2v) is 7.62. The summed E-state index contributed by atoms with van der Waals surface area (Å²) in [6, 6.07) is 2.88. The topological polar surface area (TPSA) is 84.5 Å². The Morgan fingerprint density at radius 2 is 1.83 bits per heavy atom. The maximum absolute atomic E-state index is 12.9. The highest BCUT2D eigenvalue weighted by Gasteiger charge is 2.33. The van der Waals surface area contributed by atoms with Crippen molar-refractivity contribution in [2.45, 2.75) is 26.9 Å². The van der Waals surface area contributed by atoms with Crippen LogP contribution in [0.5, 0.6) is 0 Å². The van der Waals surface area contributed by atoms with Crippen molar-refractivity contribution in [2.24, 2.45) is 0 Å². The lowest BCUT2D eigenvalue weighted by Gasteiger charge is -2.12. The highest BCUT2D eigenvalue weighted by Crippen LogP contribution is 2.36. The number of halogens is 4. The highest BCUT2D eigenvalue weighted by atomic mass is 35.5. The molecule has 0 aliphatic heterocycles. The SMILES string of the molecule is CC(=O)Nc1sc(C)c(C)c1C(=O)OCC(=O)Nc1ccc(Cl)c(C(F)(F)F)c1. The van der Waals surface area contributed by atoms with Gasteiger partial charge in [-0.25, -0.2) is 4.79 Å². The van der Waals surface area contributed by atoms with Crippen LogP contribution in [0, 0.1) is 13.8 Å². The summed E-state index contributed by atoms with van der Waals surface area (Å²) in [6.45, 7) is 3.98. The summed E-state index contributed by atoms with van der Waals surface area (Å²) in [5.41, 5.74) is -0.527. The molecule has 0 fully saturated rings. The largest absolute Gasteiger partial charge is 0.452 e. The maximum atomic E-state index is 12.9. The van der Waals surface area contributed by atoms with Gasteiger partial charge < -0.3 is 15.4 Å². The van der Waals surface area contributed by atoms with Crippen molar-refractivity contribution in [2.75, 3.05) is 17.2 Å². The summed E-state index contributed by atoms with van der Waals surface area (Å²) in [7, 11) is 0. The Balaban J connectivity index is 2.07. The molecule has 2 rings (SSSR count). The van der Waals surface area contributed by atoms with Crippen LogP contribution in [0.3, 0.4) is 0 Å². The van der Waals surface area contributed by atoms with E-state index < -0.39 is 35.2 Å². The van der Waals surface area contributed by atoms with Crippen LogP contribution in [0.2, 0.25) is 5.02 Å². The Kier molecular flexibility index (Phi) is 6.91. The van der Waals surface area contributed by atoms with Gasteiger partial charge in [0.1, 0.15) is 5.00 Å². The number of hydrogen-bond acceptors (Lipinski definition) is 5. The van der Waals surface area contributed by atoms with Gasteiger partial charge in [0.15, 0.2) is 6.61 Å². The number of amides is 2. The Morgan fingerprint density at radius 3 is 2.41 bits per heavy atom. The minimum Gasteiger partial charge on any atom is -0.452 e. The molecule has 1 heterocycles. The third-order valence-corrected chi connectivity index (χ3v) is 5.22. The van der Waals surface area contributed by atoms with Gasteiger partial charge >= 0.3 is 12.1 Å². The smallest absolute Gasteiger partial charge is 0.417 e. The molecule has 0 bridgehead atoms. The van der Waals surface area contributed by atoms with Gasteiger partial charge in [-0.2, -0.15) is 13.2 Å². The first-order chi connectivity index (χ1) is 13.4. The second-order valence-electron chi connectivity index (χ2n) is 5.99. The molecule has 0 atom stereocenters. The van der Waals surface area contributed by atoms with E-state index in [0.29, 0.717) is 16.6 Å². The van der Waals surface area contributed by atoms with Crippen molar-refractivity contribution in [3.8, 4) is 0 Å². The van der Waals surface area contributed by atoms with Crippen molar-refractivity contribution in [1.29, 1.82) is 0 Å². The van der Waals surface area contributed by atoms with Crippen LogP contribution in [0.15, 0.2) is 18.2 Å². The Hall–Kier alpha value is -2.59. The number of nitrogens with one attached hydrogen (secondary N) is 2. The van der Waals surface area contributed by atoms with Crippen LogP contribution in [0.1, 0.15) is 33.3 Å². The zero-order chi connectivity index (χ0) is 21.9. The predicted octanol–water partition coefficient (Wildman–Crippen LogP) is 4.79. The van der Waals surface area contributed by atoms with Gasteiger partial charge in [0.2, 0.25) is 5.91 Å². The number of hydrogen-bond donors (Lipinski definition) is 2. The molecule has 11 heteroatoms. The molecule has 0 unspecified atom stereocenters. The molecular weight excluding hydrogens is 433 g/mol. The number of ether oxygens (including phenoxy) is 1. The molecule has 0 saturated heterocycles. The van der Waals surface area contributed by atoms with Crippen LogP contribution in [0.25, 0.3) is 0 Å².